The molecule has 0 spiro atoms. The summed E-state index contributed by atoms with van der Waals surface area (Å²) in [6.07, 6.45) is -2.55. The molecule has 7 nitrogen and oxygen atoms in total. The largest absolute Gasteiger partial charge is 0.416 e. The predicted molar refractivity (Wildman–Crippen MR) is 80.2 cm³/mol. The lowest BCUT2D eigenvalue weighted by Crippen LogP contribution is -2.34. The van der Waals surface area contributed by atoms with Crippen LogP contribution in [-0.4, -0.2) is 45.4 Å². The Morgan fingerprint density at radius 3 is 2.96 bits per heavy atom. The second kappa shape index (κ2) is 7.18. The van der Waals surface area contributed by atoms with Crippen LogP contribution in [0.2, 0.25) is 0 Å². The van der Waals surface area contributed by atoms with E-state index in [4.69, 9.17) is 4.74 Å². The average Bonchev–Trinajstić information content (AvgIpc) is 3.24. The molecule has 1 aromatic carbocycles. The molecule has 1 aliphatic rings. The third-order valence-corrected chi connectivity index (χ3v) is 3.74. The van der Waals surface area contributed by atoms with Crippen molar-refractivity contribution in [3.63, 3.8) is 0 Å². The molecule has 2 aromatic rings. The molecule has 0 aliphatic carbocycles. The van der Waals surface area contributed by atoms with Crippen molar-refractivity contribution < 1.29 is 22.7 Å². The van der Waals surface area contributed by atoms with E-state index in [0.29, 0.717) is 13.2 Å². The quantitative estimate of drug-likeness (QED) is 0.882. The molecule has 0 bridgehead atoms. The van der Waals surface area contributed by atoms with Gasteiger partial charge < -0.3 is 10.1 Å². The molecule has 1 atom stereocenters. The standard InChI is InChI=1S/C15H16F3N5O2/c16-15(17,18)11-4-1-3-10(7-11)14-20-22-23(21-14)9-13(24)19-8-12-5-2-6-25-12/h1,3-4,7,12H,2,5-6,8-9H2,(H,19,24)/t12-/m0/s1. The molecule has 1 saturated heterocycles. The summed E-state index contributed by atoms with van der Waals surface area (Å²) in [5, 5.41) is 14.1. The summed E-state index contributed by atoms with van der Waals surface area (Å²) in [7, 11) is 0. The lowest BCUT2D eigenvalue weighted by molar-refractivity contribution is -0.137. The van der Waals surface area contributed by atoms with E-state index in [1.807, 2.05) is 0 Å². The van der Waals surface area contributed by atoms with Crippen molar-refractivity contribution in [1.82, 2.24) is 25.5 Å². The smallest absolute Gasteiger partial charge is 0.376 e. The normalized spacial score (nSPS) is 17.6. The van der Waals surface area contributed by atoms with E-state index in [9.17, 15) is 18.0 Å². The highest BCUT2D eigenvalue weighted by atomic mass is 19.4. The van der Waals surface area contributed by atoms with Gasteiger partial charge in [0.05, 0.1) is 11.7 Å². The molecule has 10 heteroatoms. The molecule has 1 aliphatic heterocycles. The zero-order valence-electron chi connectivity index (χ0n) is 13.2. The molecular formula is C15H16F3N5O2. The molecule has 0 radical (unpaired) electrons. The van der Waals surface area contributed by atoms with Gasteiger partial charge in [0.2, 0.25) is 11.7 Å². The minimum Gasteiger partial charge on any atom is -0.376 e. The molecule has 1 N–H and O–H groups in total. The molecule has 25 heavy (non-hydrogen) atoms. The van der Waals surface area contributed by atoms with E-state index in [2.05, 4.69) is 20.7 Å². The molecular weight excluding hydrogens is 339 g/mol. The van der Waals surface area contributed by atoms with Gasteiger partial charge in [-0.2, -0.15) is 18.0 Å². The number of halogens is 3. The minimum absolute atomic E-state index is 0.0216. The van der Waals surface area contributed by atoms with Crippen LogP contribution in [0.5, 0.6) is 0 Å². The second-order valence-electron chi connectivity index (χ2n) is 5.66. The lowest BCUT2D eigenvalue weighted by atomic mass is 10.1. The Morgan fingerprint density at radius 2 is 2.24 bits per heavy atom. The third-order valence-electron chi connectivity index (χ3n) is 3.74. The van der Waals surface area contributed by atoms with Crippen molar-refractivity contribution in [3.05, 3.63) is 29.8 Å². The number of carbonyl (C=O) groups excluding carboxylic acids is 1. The van der Waals surface area contributed by atoms with Gasteiger partial charge in [0, 0.05) is 18.7 Å². The van der Waals surface area contributed by atoms with Crippen molar-refractivity contribution in [3.8, 4) is 11.4 Å². The van der Waals surface area contributed by atoms with E-state index < -0.39 is 11.7 Å². The number of amides is 1. The summed E-state index contributed by atoms with van der Waals surface area (Å²) in [5.41, 5.74) is -0.614. The van der Waals surface area contributed by atoms with Crippen molar-refractivity contribution in [2.24, 2.45) is 0 Å². The number of aromatic nitrogens is 4. The first kappa shape index (κ1) is 17.3. The van der Waals surface area contributed by atoms with Crippen LogP contribution in [0.4, 0.5) is 13.2 Å². The second-order valence-corrected chi connectivity index (χ2v) is 5.66. The van der Waals surface area contributed by atoms with Crippen molar-refractivity contribution >= 4 is 5.91 Å². The number of hydrogen-bond acceptors (Lipinski definition) is 5. The van der Waals surface area contributed by atoms with Crippen LogP contribution in [0.3, 0.4) is 0 Å². The van der Waals surface area contributed by atoms with Crippen LogP contribution in [0, 0.1) is 0 Å². The molecule has 0 saturated carbocycles. The fourth-order valence-corrected chi connectivity index (χ4v) is 2.48. The summed E-state index contributed by atoms with van der Waals surface area (Å²) < 4.78 is 43.6. The van der Waals surface area contributed by atoms with Gasteiger partial charge in [0.1, 0.15) is 6.54 Å². The number of alkyl halides is 3. The number of nitrogens with zero attached hydrogens (tertiary/aromatic N) is 4. The number of ether oxygens (including phenoxy) is 1. The van der Waals surface area contributed by atoms with Crippen LogP contribution in [0.25, 0.3) is 11.4 Å². The monoisotopic (exact) mass is 355 g/mol. The van der Waals surface area contributed by atoms with E-state index in [1.54, 1.807) is 0 Å². The Balaban J connectivity index is 1.61. The van der Waals surface area contributed by atoms with Gasteiger partial charge in [0.25, 0.3) is 0 Å². The molecule has 2 heterocycles. The Labute approximate surface area is 141 Å². The van der Waals surface area contributed by atoms with E-state index in [-0.39, 0.29) is 29.9 Å². The number of carbonyl (C=O) groups is 1. The molecule has 1 amide bonds. The first-order valence-corrected chi connectivity index (χ1v) is 7.75. The predicted octanol–water partition coefficient (Wildman–Crippen LogP) is 1.65. The topological polar surface area (TPSA) is 81.9 Å². The van der Waals surface area contributed by atoms with Gasteiger partial charge >= 0.3 is 6.18 Å². The SMILES string of the molecule is O=C(Cn1nnc(-c2cccc(C(F)(F)F)c2)n1)NC[C@@H]1CCCO1. The third kappa shape index (κ3) is 4.53. The van der Waals surface area contributed by atoms with Crippen molar-refractivity contribution in [2.45, 2.75) is 31.7 Å². The van der Waals surface area contributed by atoms with Crippen molar-refractivity contribution in [1.29, 1.82) is 0 Å². The fraction of sp³-hybridized carbons (Fsp3) is 0.467. The van der Waals surface area contributed by atoms with Crippen LogP contribution in [0.15, 0.2) is 24.3 Å². The maximum absolute atomic E-state index is 12.7. The zero-order chi connectivity index (χ0) is 17.9. The van der Waals surface area contributed by atoms with Gasteiger partial charge in [0.15, 0.2) is 0 Å². The molecule has 0 unspecified atom stereocenters. The van der Waals surface area contributed by atoms with Gasteiger partial charge in [-0.05, 0) is 30.2 Å². The fourth-order valence-electron chi connectivity index (χ4n) is 2.48. The van der Waals surface area contributed by atoms with Crippen LogP contribution < -0.4 is 5.32 Å². The van der Waals surface area contributed by atoms with E-state index in [1.165, 1.54) is 12.1 Å². The number of nitrogens with one attached hydrogen (secondary N) is 1. The molecule has 1 fully saturated rings. The number of rotatable bonds is 5. The van der Waals surface area contributed by atoms with Gasteiger partial charge in [-0.25, -0.2) is 0 Å². The highest BCUT2D eigenvalue weighted by molar-refractivity contribution is 5.75. The Hall–Kier alpha value is -2.49. The first-order chi connectivity index (χ1) is 11.9. The highest BCUT2D eigenvalue weighted by Crippen LogP contribution is 2.31. The summed E-state index contributed by atoms with van der Waals surface area (Å²) >= 11 is 0. The van der Waals surface area contributed by atoms with Gasteiger partial charge in [-0.3, -0.25) is 4.79 Å². The lowest BCUT2D eigenvalue weighted by Gasteiger charge is -2.10. The first-order valence-electron chi connectivity index (χ1n) is 7.75. The highest BCUT2D eigenvalue weighted by Gasteiger charge is 2.30. The zero-order valence-corrected chi connectivity index (χ0v) is 13.2. The Kier molecular flexibility index (Phi) is 4.98. The van der Waals surface area contributed by atoms with Crippen LogP contribution in [0.1, 0.15) is 18.4 Å². The minimum atomic E-state index is -4.45. The molecule has 3 rings (SSSR count). The number of hydrogen-bond donors (Lipinski definition) is 1. The number of benzene rings is 1. The Morgan fingerprint density at radius 1 is 1.40 bits per heavy atom. The summed E-state index contributed by atoms with van der Waals surface area (Å²) in [6.45, 7) is 0.943. The average molecular weight is 355 g/mol. The maximum atomic E-state index is 12.7. The van der Waals surface area contributed by atoms with E-state index >= 15 is 0 Å². The summed E-state index contributed by atoms with van der Waals surface area (Å²) in [5.74, 6) is -0.290. The van der Waals surface area contributed by atoms with Crippen LogP contribution >= 0.6 is 0 Å². The van der Waals surface area contributed by atoms with Crippen LogP contribution in [-0.2, 0) is 22.3 Å². The molecule has 134 valence electrons. The number of tetrazole rings is 1. The molecule has 1 aromatic heterocycles. The van der Waals surface area contributed by atoms with Crippen molar-refractivity contribution in [2.75, 3.05) is 13.2 Å². The van der Waals surface area contributed by atoms with Gasteiger partial charge in [-0.15, -0.1) is 10.2 Å². The summed E-state index contributed by atoms with van der Waals surface area (Å²) in [6, 6.07) is 4.63. The van der Waals surface area contributed by atoms with E-state index in [0.717, 1.165) is 29.8 Å². The Bertz CT molecular complexity index is 741. The summed E-state index contributed by atoms with van der Waals surface area (Å²) in [4.78, 5) is 12.9. The van der Waals surface area contributed by atoms with Gasteiger partial charge in [-0.1, -0.05) is 12.1 Å². The maximum Gasteiger partial charge on any atom is 0.416 e.